The summed E-state index contributed by atoms with van der Waals surface area (Å²) in [5.74, 6) is 0.134. The maximum absolute atomic E-state index is 12.3. The minimum Gasteiger partial charge on any atom is -0.481 e. The molecule has 24 heavy (non-hydrogen) atoms. The summed E-state index contributed by atoms with van der Waals surface area (Å²) in [6, 6.07) is 3.49. The quantitative estimate of drug-likeness (QED) is 0.723. The van der Waals surface area contributed by atoms with Crippen molar-refractivity contribution in [3.63, 3.8) is 0 Å². The van der Waals surface area contributed by atoms with Gasteiger partial charge in [-0.3, -0.25) is 19.0 Å². The Balaban J connectivity index is 1.84. The first kappa shape index (κ1) is 15.9. The van der Waals surface area contributed by atoms with Gasteiger partial charge in [-0.05, 0) is 18.6 Å². The van der Waals surface area contributed by atoms with Crippen molar-refractivity contribution in [3.05, 3.63) is 61.4 Å². The summed E-state index contributed by atoms with van der Waals surface area (Å²) in [4.78, 5) is 42.7. The van der Waals surface area contributed by atoms with Crippen molar-refractivity contribution in [2.45, 2.75) is 13.5 Å². The maximum Gasteiger partial charge on any atom is 0.333 e. The molecule has 2 N–H and O–H groups in total. The molecule has 3 aromatic heterocycles. The Kier molecular flexibility index (Phi) is 4.17. The van der Waals surface area contributed by atoms with Crippen LogP contribution in [0, 0.1) is 6.92 Å². The second kappa shape index (κ2) is 6.28. The highest BCUT2D eigenvalue weighted by Crippen LogP contribution is 2.18. The summed E-state index contributed by atoms with van der Waals surface area (Å²) < 4.78 is 6.30. The lowest BCUT2D eigenvalue weighted by molar-refractivity contribution is 0.0954. The van der Waals surface area contributed by atoms with Gasteiger partial charge in [-0.15, -0.1) is 11.3 Å². The predicted octanol–water partition coefficient (Wildman–Crippen LogP) is 0.691. The molecule has 0 aliphatic rings. The van der Waals surface area contributed by atoms with Gasteiger partial charge < -0.3 is 10.1 Å². The van der Waals surface area contributed by atoms with Gasteiger partial charge in [0.25, 0.3) is 11.5 Å². The number of ether oxygens (including phenoxy) is 1. The van der Waals surface area contributed by atoms with Crippen molar-refractivity contribution in [2.75, 3.05) is 7.11 Å². The topological polar surface area (TPSA) is 106 Å². The highest BCUT2D eigenvalue weighted by molar-refractivity contribution is 7.19. The number of amides is 1. The minimum absolute atomic E-state index is 0.290. The van der Waals surface area contributed by atoms with Crippen LogP contribution in [0.5, 0.6) is 5.88 Å². The number of carbonyl (C=O) groups is 1. The standard InChI is InChI=1S/C15H14N4O4S/c1-8-12(20)18-15(22)19-7-10(24-14(8)19)13(21)17-6-9-3-4-16-11(5-9)23-2/h3-5,7H,6H2,1-2H3,(H,17,21)(H,18,20,22). The Hall–Kier alpha value is -2.94. The fourth-order valence-electron chi connectivity index (χ4n) is 2.16. The van der Waals surface area contributed by atoms with E-state index in [-0.39, 0.29) is 5.91 Å². The lowest BCUT2D eigenvalue weighted by atomic mass is 10.2. The number of thiazole rings is 1. The molecular formula is C15H14N4O4S. The molecule has 3 rings (SSSR count). The number of H-pyrrole nitrogens is 1. The van der Waals surface area contributed by atoms with E-state index in [1.807, 2.05) is 0 Å². The monoisotopic (exact) mass is 346 g/mol. The van der Waals surface area contributed by atoms with Crippen LogP contribution in [0.3, 0.4) is 0 Å². The van der Waals surface area contributed by atoms with Crippen LogP contribution in [-0.4, -0.2) is 27.4 Å². The summed E-state index contributed by atoms with van der Waals surface area (Å²) in [6.07, 6.45) is 3.02. The number of rotatable bonds is 4. The largest absolute Gasteiger partial charge is 0.481 e. The number of aromatic amines is 1. The average molecular weight is 346 g/mol. The molecule has 0 aliphatic carbocycles. The SMILES string of the molecule is COc1cc(CNC(=O)c2cn3c(=O)[nH]c(=O)c(C)c3s2)ccn1. The van der Waals surface area contributed by atoms with Gasteiger partial charge in [-0.2, -0.15) is 0 Å². The minimum atomic E-state index is -0.560. The number of hydrogen-bond acceptors (Lipinski definition) is 6. The van der Waals surface area contributed by atoms with Crippen LogP contribution in [0.25, 0.3) is 4.83 Å². The van der Waals surface area contributed by atoms with Crippen LogP contribution < -0.4 is 21.3 Å². The Morgan fingerprint density at radius 1 is 1.46 bits per heavy atom. The lowest BCUT2D eigenvalue weighted by Gasteiger charge is -2.05. The first-order valence-electron chi connectivity index (χ1n) is 7.02. The van der Waals surface area contributed by atoms with Gasteiger partial charge in [0.1, 0.15) is 9.71 Å². The number of nitrogens with one attached hydrogen (secondary N) is 2. The number of nitrogens with zero attached hydrogens (tertiary/aromatic N) is 2. The number of pyridine rings is 1. The molecule has 0 aromatic carbocycles. The summed E-state index contributed by atoms with van der Waals surface area (Å²) in [5, 5.41) is 2.77. The van der Waals surface area contributed by atoms with E-state index in [1.165, 1.54) is 17.7 Å². The zero-order valence-electron chi connectivity index (χ0n) is 13.0. The second-order valence-corrected chi connectivity index (χ2v) is 6.07. The van der Waals surface area contributed by atoms with Crippen LogP contribution >= 0.6 is 11.3 Å². The van der Waals surface area contributed by atoms with Gasteiger partial charge >= 0.3 is 5.69 Å². The molecule has 1 amide bonds. The molecule has 124 valence electrons. The van der Waals surface area contributed by atoms with Crippen LogP contribution in [0.2, 0.25) is 0 Å². The van der Waals surface area contributed by atoms with E-state index >= 15 is 0 Å². The number of aryl methyl sites for hydroxylation is 1. The van der Waals surface area contributed by atoms with Gasteiger partial charge in [0, 0.05) is 30.6 Å². The molecule has 0 unspecified atom stereocenters. The van der Waals surface area contributed by atoms with E-state index in [1.54, 1.807) is 25.3 Å². The van der Waals surface area contributed by atoms with Crippen LogP contribution in [0.4, 0.5) is 0 Å². The van der Waals surface area contributed by atoms with Crippen molar-refractivity contribution in [1.29, 1.82) is 0 Å². The van der Waals surface area contributed by atoms with Gasteiger partial charge in [0.2, 0.25) is 5.88 Å². The third-order valence-corrected chi connectivity index (χ3v) is 4.66. The van der Waals surface area contributed by atoms with Gasteiger partial charge in [-0.1, -0.05) is 0 Å². The Morgan fingerprint density at radius 3 is 3.00 bits per heavy atom. The Bertz CT molecular complexity index is 1030. The number of fused-ring (bicyclic) bond motifs is 1. The van der Waals surface area contributed by atoms with Crippen LogP contribution in [0.1, 0.15) is 20.8 Å². The van der Waals surface area contributed by atoms with Crippen molar-refractivity contribution < 1.29 is 9.53 Å². The Labute approximate surface area is 139 Å². The molecule has 0 saturated heterocycles. The summed E-state index contributed by atoms with van der Waals surface area (Å²) in [6.45, 7) is 1.90. The van der Waals surface area contributed by atoms with Crippen molar-refractivity contribution in [2.24, 2.45) is 0 Å². The molecule has 0 aliphatic heterocycles. The van der Waals surface area contributed by atoms with Crippen LogP contribution in [-0.2, 0) is 6.54 Å². The molecule has 0 spiro atoms. The van der Waals surface area contributed by atoms with Crippen molar-refractivity contribution in [1.82, 2.24) is 19.7 Å². The predicted molar refractivity (Wildman–Crippen MR) is 88.9 cm³/mol. The zero-order chi connectivity index (χ0) is 17.3. The van der Waals surface area contributed by atoms with Crippen LogP contribution in [0.15, 0.2) is 34.1 Å². The number of aromatic nitrogens is 3. The van der Waals surface area contributed by atoms with Gasteiger partial charge in [-0.25, -0.2) is 9.78 Å². The summed E-state index contributed by atoms with van der Waals surface area (Å²) >= 11 is 1.10. The highest BCUT2D eigenvalue weighted by atomic mass is 32.1. The zero-order valence-corrected chi connectivity index (χ0v) is 13.8. The van der Waals surface area contributed by atoms with E-state index < -0.39 is 11.2 Å². The number of carbonyl (C=O) groups excluding carboxylic acids is 1. The summed E-state index contributed by atoms with van der Waals surface area (Å²) in [7, 11) is 1.52. The van der Waals surface area contributed by atoms with Gasteiger partial charge in [0.15, 0.2) is 0 Å². The maximum atomic E-state index is 12.3. The van der Waals surface area contributed by atoms with Crippen molar-refractivity contribution in [3.8, 4) is 5.88 Å². The van der Waals surface area contributed by atoms with Crippen molar-refractivity contribution >= 4 is 22.1 Å². The number of hydrogen-bond donors (Lipinski definition) is 2. The van der Waals surface area contributed by atoms with E-state index in [0.29, 0.717) is 27.7 Å². The highest BCUT2D eigenvalue weighted by Gasteiger charge is 2.14. The molecule has 0 radical (unpaired) electrons. The first-order valence-corrected chi connectivity index (χ1v) is 7.83. The molecule has 8 nitrogen and oxygen atoms in total. The average Bonchev–Trinajstić information content (AvgIpc) is 3.04. The lowest BCUT2D eigenvalue weighted by Crippen LogP contribution is -2.26. The summed E-state index contributed by atoms with van der Waals surface area (Å²) in [5.41, 5.74) is 0.227. The normalized spacial score (nSPS) is 10.8. The molecular weight excluding hydrogens is 332 g/mol. The second-order valence-electron chi connectivity index (χ2n) is 5.04. The van der Waals surface area contributed by atoms with Gasteiger partial charge in [0.05, 0.1) is 7.11 Å². The van der Waals surface area contributed by atoms with E-state index in [2.05, 4.69) is 15.3 Å². The molecule has 0 atom stereocenters. The van der Waals surface area contributed by atoms with E-state index in [4.69, 9.17) is 4.74 Å². The Morgan fingerprint density at radius 2 is 2.25 bits per heavy atom. The molecule has 3 aromatic rings. The third kappa shape index (κ3) is 2.93. The molecule has 0 saturated carbocycles. The fourth-order valence-corrected chi connectivity index (χ4v) is 3.17. The molecule has 0 bridgehead atoms. The van der Waals surface area contributed by atoms with E-state index in [0.717, 1.165) is 16.9 Å². The van der Waals surface area contributed by atoms with E-state index in [9.17, 15) is 14.4 Å². The third-order valence-electron chi connectivity index (χ3n) is 3.46. The molecule has 3 heterocycles. The molecule has 0 fully saturated rings. The molecule has 9 heteroatoms. The number of methoxy groups -OCH3 is 1. The fraction of sp³-hybridized carbons (Fsp3) is 0.200. The smallest absolute Gasteiger partial charge is 0.333 e. The first-order chi connectivity index (χ1) is 11.5.